The first-order valence-electron chi connectivity index (χ1n) is 10.7. The number of carbonyl (C=O) groups excluding carboxylic acids is 1. The van der Waals surface area contributed by atoms with Gasteiger partial charge in [0.05, 0.1) is 14.2 Å². The quantitative estimate of drug-likeness (QED) is 0.503. The van der Waals surface area contributed by atoms with Gasteiger partial charge in [0.2, 0.25) is 5.91 Å². The monoisotopic (exact) mass is 492 g/mol. The molecule has 0 spiro atoms. The van der Waals surface area contributed by atoms with Gasteiger partial charge in [-0.2, -0.15) is 0 Å². The highest BCUT2D eigenvalue weighted by molar-refractivity contribution is 6.31. The number of hydrogen-bond donors (Lipinski definition) is 3. The number of piperidine rings is 1. The normalized spacial score (nSPS) is 13.9. The first-order chi connectivity index (χ1) is 16.2. The summed E-state index contributed by atoms with van der Waals surface area (Å²) in [5.41, 5.74) is 2.04. The molecule has 2 aromatic carbocycles. The van der Waals surface area contributed by atoms with Crippen molar-refractivity contribution in [3.8, 4) is 11.5 Å². The van der Waals surface area contributed by atoms with Crippen LogP contribution in [0.5, 0.6) is 11.5 Å². The number of nitrogens with zero attached hydrogens (tertiary/aromatic N) is 1. The Labute approximate surface area is 203 Å². The van der Waals surface area contributed by atoms with Crippen LogP contribution < -0.4 is 14.8 Å². The largest absolute Gasteiger partial charge is 0.497 e. The Hall–Kier alpha value is -3.30. The molecule has 1 saturated heterocycles. The van der Waals surface area contributed by atoms with Crippen molar-refractivity contribution in [3.63, 3.8) is 0 Å². The molecule has 2 aromatic rings. The van der Waals surface area contributed by atoms with Crippen LogP contribution in [0.1, 0.15) is 24.0 Å². The van der Waals surface area contributed by atoms with E-state index >= 15 is 0 Å². The van der Waals surface area contributed by atoms with E-state index in [1.165, 1.54) is 0 Å². The molecule has 0 atom stereocenters. The van der Waals surface area contributed by atoms with Gasteiger partial charge < -0.3 is 25.0 Å². The summed E-state index contributed by atoms with van der Waals surface area (Å²) in [6, 6.07) is 13.4. The lowest BCUT2D eigenvalue weighted by Gasteiger charge is -2.31. The van der Waals surface area contributed by atoms with E-state index in [1.807, 2.05) is 42.5 Å². The number of likely N-dealkylation sites (tertiary alicyclic amines) is 1. The molecule has 0 unspecified atom stereocenters. The third-order valence-corrected chi connectivity index (χ3v) is 5.80. The zero-order valence-corrected chi connectivity index (χ0v) is 19.9. The number of benzene rings is 2. The van der Waals surface area contributed by atoms with Crippen molar-refractivity contribution in [2.75, 3.05) is 27.3 Å². The molecular formula is C24H29ClN2O7. The van der Waals surface area contributed by atoms with Crippen LogP contribution in [0.3, 0.4) is 0 Å². The van der Waals surface area contributed by atoms with Crippen molar-refractivity contribution in [1.29, 1.82) is 0 Å². The highest BCUT2D eigenvalue weighted by atomic mass is 35.5. The van der Waals surface area contributed by atoms with Crippen molar-refractivity contribution >= 4 is 29.4 Å². The summed E-state index contributed by atoms with van der Waals surface area (Å²) in [4.78, 5) is 33.1. The second kappa shape index (κ2) is 13.4. The number of amides is 1. The molecule has 0 bridgehead atoms. The van der Waals surface area contributed by atoms with Gasteiger partial charge in [-0.3, -0.25) is 9.69 Å². The first-order valence-corrected chi connectivity index (χ1v) is 11.0. The van der Waals surface area contributed by atoms with Crippen LogP contribution in [-0.4, -0.2) is 60.3 Å². The van der Waals surface area contributed by atoms with Crippen molar-refractivity contribution < 1.29 is 34.1 Å². The predicted molar refractivity (Wildman–Crippen MR) is 126 cm³/mol. The number of carbonyl (C=O) groups is 3. The summed E-state index contributed by atoms with van der Waals surface area (Å²) in [5.74, 6) is -1.81. The van der Waals surface area contributed by atoms with Crippen LogP contribution >= 0.6 is 11.6 Å². The van der Waals surface area contributed by atoms with Crippen LogP contribution in [0.4, 0.5) is 0 Å². The van der Waals surface area contributed by atoms with Crippen molar-refractivity contribution in [2.45, 2.75) is 25.9 Å². The molecule has 10 heteroatoms. The van der Waals surface area contributed by atoms with Crippen LogP contribution in [0.15, 0.2) is 42.5 Å². The SMILES string of the molecule is COc1ccc(OC)c(CN2CCC(C(=O)NCc3ccccc3Cl)CC2)c1.O=C(O)C(=O)O. The molecular weight excluding hydrogens is 464 g/mol. The molecule has 9 nitrogen and oxygen atoms in total. The number of nitrogens with one attached hydrogen (secondary N) is 1. The lowest BCUT2D eigenvalue weighted by Crippen LogP contribution is -2.40. The molecule has 3 rings (SSSR count). The van der Waals surface area contributed by atoms with Crippen LogP contribution in [0.25, 0.3) is 0 Å². The van der Waals surface area contributed by atoms with Gasteiger partial charge in [0.1, 0.15) is 11.5 Å². The van der Waals surface area contributed by atoms with Gasteiger partial charge in [-0.15, -0.1) is 0 Å². The third-order valence-electron chi connectivity index (χ3n) is 5.43. The van der Waals surface area contributed by atoms with Gasteiger partial charge in [-0.1, -0.05) is 29.8 Å². The van der Waals surface area contributed by atoms with E-state index in [-0.39, 0.29) is 11.8 Å². The number of aliphatic carboxylic acids is 2. The minimum Gasteiger partial charge on any atom is -0.497 e. The fourth-order valence-electron chi connectivity index (χ4n) is 3.57. The number of halogens is 1. The third kappa shape index (κ3) is 8.24. The predicted octanol–water partition coefficient (Wildman–Crippen LogP) is 3.04. The molecule has 1 fully saturated rings. The molecule has 0 aliphatic carbocycles. The topological polar surface area (TPSA) is 125 Å². The van der Waals surface area contributed by atoms with Crippen molar-refractivity contribution in [3.05, 3.63) is 58.6 Å². The van der Waals surface area contributed by atoms with Crippen molar-refractivity contribution in [1.82, 2.24) is 10.2 Å². The van der Waals surface area contributed by atoms with Crippen LogP contribution in [-0.2, 0) is 27.5 Å². The molecule has 3 N–H and O–H groups in total. The smallest absolute Gasteiger partial charge is 0.414 e. The van der Waals surface area contributed by atoms with Gasteiger partial charge >= 0.3 is 11.9 Å². The summed E-state index contributed by atoms with van der Waals surface area (Å²) in [6.45, 7) is 3.02. The van der Waals surface area contributed by atoms with Crippen LogP contribution in [0.2, 0.25) is 5.02 Å². The lowest BCUT2D eigenvalue weighted by atomic mass is 9.95. The van der Waals surface area contributed by atoms with E-state index in [1.54, 1.807) is 14.2 Å². The van der Waals surface area contributed by atoms with Gasteiger partial charge in [0, 0.05) is 29.6 Å². The molecule has 1 amide bonds. The standard InChI is InChI=1S/C22H27ClN2O3.C2H2O4/c1-27-19-7-8-21(28-2)18(13-19)15-25-11-9-16(10-12-25)22(26)24-14-17-5-3-4-6-20(17)23;3-1(4)2(5)6/h3-8,13,16H,9-12,14-15H2,1-2H3,(H,24,26);(H,3,4)(H,5,6). The fraction of sp³-hybridized carbons (Fsp3) is 0.375. The Morgan fingerprint density at radius 2 is 1.65 bits per heavy atom. The Kier molecular flexibility index (Phi) is 10.6. The van der Waals surface area contributed by atoms with E-state index in [0.717, 1.165) is 55.1 Å². The maximum Gasteiger partial charge on any atom is 0.414 e. The summed E-state index contributed by atoms with van der Waals surface area (Å²) in [7, 11) is 3.35. The number of methoxy groups -OCH3 is 2. The zero-order valence-electron chi connectivity index (χ0n) is 19.1. The number of hydrogen-bond acceptors (Lipinski definition) is 6. The van der Waals surface area contributed by atoms with E-state index in [4.69, 9.17) is 40.9 Å². The Morgan fingerprint density at radius 3 is 2.21 bits per heavy atom. The Balaban J connectivity index is 0.000000604. The highest BCUT2D eigenvalue weighted by Gasteiger charge is 2.25. The molecule has 0 aromatic heterocycles. The average molecular weight is 493 g/mol. The summed E-state index contributed by atoms with van der Waals surface area (Å²) in [5, 5.41) is 18.5. The maximum absolute atomic E-state index is 12.5. The molecule has 1 aliphatic heterocycles. The highest BCUT2D eigenvalue weighted by Crippen LogP contribution is 2.27. The molecule has 1 heterocycles. The van der Waals surface area contributed by atoms with Gasteiger partial charge in [-0.25, -0.2) is 9.59 Å². The number of rotatable bonds is 7. The Morgan fingerprint density at radius 1 is 1.00 bits per heavy atom. The maximum atomic E-state index is 12.5. The second-order valence-corrected chi connectivity index (χ2v) is 8.05. The molecule has 34 heavy (non-hydrogen) atoms. The molecule has 1 aliphatic rings. The zero-order chi connectivity index (χ0) is 25.1. The number of ether oxygens (including phenoxy) is 2. The summed E-state index contributed by atoms with van der Waals surface area (Å²) >= 11 is 6.16. The van der Waals surface area contributed by atoms with Crippen LogP contribution in [0, 0.1) is 5.92 Å². The van der Waals surface area contributed by atoms with E-state index in [2.05, 4.69) is 10.2 Å². The van der Waals surface area contributed by atoms with Crippen molar-refractivity contribution in [2.24, 2.45) is 5.92 Å². The lowest BCUT2D eigenvalue weighted by molar-refractivity contribution is -0.159. The van der Waals surface area contributed by atoms with E-state index < -0.39 is 11.9 Å². The molecule has 0 saturated carbocycles. The second-order valence-electron chi connectivity index (χ2n) is 7.65. The molecule has 184 valence electrons. The van der Waals surface area contributed by atoms with E-state index in [9.17, 15) is 4.79 Å². The van der Waals surface area contributed by atoms with E-state index in [0.29, 0.717) is 11.6 Å². The number of carboxylic acid groups (broad SMARTS) is 2. The minimum atomic E-state index is -1.82. The Bertz CT molecular complexity index is 979. The van der Waals surface area contributed by atoms with Gasteiger partial charge in [0.15, 0.2) is 0 Å². The summed E-state index contributed by atoms with van der Waals surface area (Å²) < 4.78 is 10.8. The summed E-state index contributed by atoms with van der Waals surface area (Å²) in [6.07, 6.45) is 1.70. The minimum absolute atomic E-state index is 0.0472. The first kappa shape index (κ1) is 26.9. The van der Waals surface area contributed by atoms with Gasteiger partial charge in [-0.05, 0) is 55.8 Å². The number of carboxylic acids is 2. The fourth-order valence-corrected chi connectivity index (χ4v) is 3.77. The van der Waals surface area contributed by atoms with Gasteiger partial charge in [0.25, 0.3) is 0 Å². The average Bonchev–Trinajstić information content (AvgIpc) is 2.84. The molecule has 0 radical (unpaired) electrons.